The molecule has 1 heterocycles. The predicted octanol–water partition coefficient (Wildman–Crippen LogP) is 1.94. The molecule has 2 rings (SSSR count). The molecule has 0 aliphatic carbocycles. The number of aryl methyl sites for hydroxylation is 1. The van der Waals surface area contributed by atoms with Gasteiger partial charge in [0, 0.05) is 23.5 Å². The van der Waals surface area contributed by atoms with Crippen LogP contribution < -0.4 is 10.9 Å². The monoisotopic (exact) mass is 286 g/mol. The van der Waals surface area contributed by atoms with Crippen LogP contribution in [0.4, 0.5) is 5.69 Å². The van der Waals surface area contributed by atoms with Crippen molar-refractivity contribution >= 4 is 17.6 Å². The maximum Gasteiger partial charge on any atom is 0.336 e. The number of aromatic carboxylic acids is 1. The summed E-state index contributed by atoms with van der Waals surface area (Å²) in [4.78, 5) is 36.8. The molecule has 0 atom stereocenters. The number of carbonyl (C=O) groups is 2. The molecule has 6 heteroatoms. The minimum absolute atomic E-state index is 0.135. The smallest absolute Gasteiger partial charge is 0.336 e. The fraction of sp³-hybridized carbons (Fsp3) is 0.133. The van der Waals surface area contributed by atoms with Crippen LogP contribution in [-0.4, -0.2) is 22.0 Å². The number of carbonyl (C=O) groups excluding carboxylic acids is 1. The Kier molecular flexibility index (Phi) is 3.89. The number of hydrogen-bond acceptors (Lipinski definition) is 3. The summed E-state index contributed by atoms with van der Waals surface area (Å²) in [5, 5.41) is 11.7. The van der Waals surface area contributed by atoms with Gasteiger partial charge in [0.15, 0.2) is 0 Å². The number of hydrogen-bond donors (Lipinski definition) is 3. The summed E-state index contributed by atoms with van der Waals surface area (Å²) in [6, 6.07) is 5.73. The van der Waals surface area contributed by atoms with Crippen LogP contribution in [0.25, 0.3) is 0 Å². The van der Waals surface area contributed by atoms with Crippen LogP contribution in [-0.2, 0) is 0 Å². The van der Waals surface area contributed by atoms with Crippen LogP contribution in [0.2, 0.25) is 0 Å². The number of pyridine rings is 1. The number of amides is 1. The Balaban J connectivity index is 2.34. The van der Waals surface area contributed by atoms with E-state index in [1.54, 1.807) is 19.9 Å². The first-order valence-corrected chi connectivity index (χ1v) is 6.23. The minimum atomic E-state index is -1.05. The molecule has 1 amide bonds. The first kappa shape index (κ1) is 14.5. The zero-order valence-corrected chi connectivity index (χ0v) is 11.6. The summed E-state index contributed by atoms with van der Waals surface area (Å²) >= 11 is 0. The van der Waals surface area contributed by atoms with E-state index < -0.39 is 11.9 Å². The number of nitrogens with one attached hydrogen (secondary N) is 2. The number of aromatic nitrogens is 1. The highest BCUT2D eigenvalue weighted by molar-refractivity contribution is 6.04. The standard InChI is InChI=1S/C15H14N2O4/c1-8-5-11(7-12(9(8)2)15(20)21)17-14(19)10-3-4-16-13(18)6-10/h3-7H,1-2H3,(H,16,18)(H,17,19)(H,20,21). The average molecular weight is 286 g/mol. The highest BCUT2D eigenvalue weighted by atomic mass is 16.4. The van der Waals surface area contributed by atoms with E-state index in [9.17, 15) is 14.4 Å². The molecule has 3 N–H and O–H groups in total. The van der Waals surface area contributed by atoms with Gasteiger partial charge in [-0.25, -0.2) is 4.79 Å². The lowest BCUT2D eigenvalue weighted by atomic mass is 10.0. The summed E-state index contributed by atoms with van der Waals surface area (Å²) in [6.07, 6.45) is 1.38. The summed E-state index contributed by atoms with van der Waals surface area (Å²) in [5.74, 6) is -1.52. The quantitative estimate of drug-likeness (QED) is 0.802. The second-order valence-electron chi connectivity index (χ2n) is 4.67. The van der Waals surface area contributed by atoms with E-state index in [0.717, 1.165) is 5.56 Å². The Labute approximate surface area is 120 Å². The van der Waals surface area contributed by atoms with Crippen molar-refractivity contribution in [3.8, 4) is 0 Å². The Morgan fingerprint density at radius 1 is 1.19 bits per heavy atom. The summed E-state index contributed by atoms with van der Waals surface area (Å²) in [6.45, 7) is 3.48. The minimum Gasteiger partial charge on any atom is -0.478 e. The normalized spacial score (nSPS) is 10.2. The van der Waals surface area contributed by atoms with Crippen LogP contribution in [0.1, 0.15) is 31.8 Å². The first-order chi connectivity index (χ1) is 9.88. The number of aromatic amines is 1. The zero-order chi connectivity index (χ0) is 15.6. The van der Waals surface area contributed by atoms with Gasteiger partial charge in [0.1, 0.15) is 0 Å². The van der Waals surface area contributed by atoms with Crippen molar-refractivity contribution < 1.29 is 14.7 Å². The van der Waals surface area contributed by atoms with Gasteiger partial charge >= 0.3 is 5.97 Å². The second kappa shape index (κ2) is 5.62. The SMILES string of the molecule is Cc1cc(NC(=O)c2cc[nH]c(=O)c2)cc(C(=O)O)c1C. The molecule has 0 spiro atoms. The van der Waals surface area contributed by atoms with Gasteiger partial charge in [-0.1, -0.05) is 0 Å². The van der Waals surface area contributed by atoms with E-state index in [-0.39, 0.29) is 16.7 Å². The highest BCUT2D eigenvalue weighted by Gasteiger charge is 2.13. The van der Waals surface area contributed by atoms with Crippen molar-refractivity contribution in [3.63, 3.8) is 0 Å². The van der Waals surface area contributed by atoms with Crippen molar-refractivity contribution in [2.24, 2.45) is 0 Å². The van der Waals surface area contributed by atoms with Gasteiger partial charge in [-0.3, -0.25) is 9.59 Å². The van der Waals surface area contributed by atoms with Crippen molar-refractivity contribution in [3.05, 3.63) is 63.1 Å². The molecule has 21 heavy (non-hydrogen) atoms. The fourth-order valence-corrected chi connectivity index (χ4v) is 1.94. The van der Waals surface area contributed by atoms with Crippen LogP contribution in [0, 0.1) is 13.8 Å². The lowest BCUT2D eigenvalue weighted by Gasteiger charge is -2.10. The van der Waals surface area contributed by atoms with Crippen molar-refractivity contribution in [1.82, 2.24) is 4.98 Å². The van der Waals surface area contributed by atoms with Crippen molar-refractivity contribution in [2.75, 3.05) is 5.32 Å². The van der Waals surface area contributed by atoms with Gasteiger partial charge in [-0.15, -0.1) is 0 Å². The number of benzene rings is 1. The van der Waals surface area contributed by atoms with Crippen LogP contribution in [0.15, 0.2) is 35.3 Å². The summed E-state index contributed by atoms with van der Waals surface area (Å²) in [7, 11) is 0. The van der Waals surface area contributed by atoms with Gasteiger partial charge in [0.25, 0.3) is 5.91 Å². The highest BCUT2D eigenvalue weighted by Crippen LogP contribution is 2.20. The molecule has 0 saturated carbocycles. The van der Waals surface area contributed by atoms with Gasteiger partial charge in [0.2, 0.25) is 5.56 Å². The number of anilines is 1. The molecular formula is C15H14N2O4. The van der Waals surface area contributed by atoms with E-state index in [1.165, 1.54) is 24.4 Å². The largest absolute Gasteiger partial charge is 0.478 e. The molecule has 0 aliphatic rings. The lowest BCUT2D eigenvalue weighted by molar-refractivity contribution is 0.0695. The number of carboxylic acid groups (broad SMARTS) is 1. The molecule has 0 saturated heterocycles. The Bertz CT molecular complexity index is 777. The van der Waals surface area contributed by atoms with Gasteiger partial charge in [0.05, 0.1) is 5.56 Å². The second-order valence-corrected chi connectivity index (χ2v) is 4.67. The van der Waals surface area contributed by atoms with Crippen molar-refractivity contribution in [2.45, 2.75) is 13.8 Å². The number of carboxylic acids is 1. The van der Waals surface area contributed by atoms with Crippen LogP contribution in [0.5, 0.6) is 0 Å². The first-order valence-electron chi connectivity index (χ1n) is 6.23. The predicted molar refractivity (Wildman–Crippen MR) is 77.9 cm³/mol. The van der Waals surface area contributed by atoms with Gasteiger partial charge in [-0.05, 0) is 43.2 Å². The molecule has 0 unspecified atom stereocenters. The maximum atomic E-state index is 12.0. The number of rotatable bonds is 3. The molecular weight excluding hydrogens is 272 g/mol. The van der Waals surface area contributed by atoms with Crippen molar-refractivity contribution in [1.29, 1.82) is 0 Å². The third-order valence-corrected chi connectivity index (χ3v) is 3.19. The third kappa shape index (κ3) is 3.17. The third-order valence-electron chi connectivity index (χ3n) is 3.19. The average Bonchev–Trinajstić information content (AvgIpc) is 2.42. The van der Waals surface area contributed by atoms with Gasteiger partial charge in [-0.2, -0.15) is 0 Å². The lowest BCUT2D eigenvalue weighted by Crippen LogP contribution is -2.16. The molecule has 0 aliphatic heterocycles. The van der Waals surface area contributed by atoms with Gasteiger partial charge < -0.3 is 15.4 Å². The van der Waals surface area contributed by atoms with E-state index in [2.05, 4.69) is 10.3 Å². The van der Waals surface area contributed by atoms with Crippen LogP contribution in [0.3, 0.4) is 0 Å². The van der Waals surface area contributed by atoms with E-state index >= 15 is 0 Å². The maximum absolute atomic E-state index is 12.0. The molecule has 0 radical (unpaired) electrons. The topological polar surface area (TPSA) is 99.3 Å². The molecule has 108 valence electrons. The Morgan fingerprint density at radius 2 is 1.90 bits per heavy atom. The molecule has 1 aromatic heterocycles. The van der Waals surface area contributed by atoms with E-state index in [1.807, 2.05) is 0 Å². The van der Waals surface area contributed by atoms with E-state index in [0.29, 0.717) is 11.3 Å². The van der Waals surface area contributed by atoms with Crippen LogP contribution >= 0.6 is 0 Å². The summed E-state index contributed by atoms with van der Waals surface area (Å²) < 4.78 is 0. The zero-order valence-electron chi connectivity index (χ0n) is 11.6. The molecule has 2 aromatic rings. The number of H-pyrrole nitrogens is 1. The Hall–Kier alpha value is -2.89. The molecule has 6 nitrogen and oxygen atoms in total. The molecule has 0 fully saturated rings. The fourth-order valence-electron chi connectivity index (χ4n) is 1.94. The Morgan fingerprint density at radius 3 is 2.52 bits per heavy atom. The van der Waals surface area contributed by atoms with E-state index in [4.69, 9.17) is 5.11 Å². The summed E-state index contributed by atoms with van der Waals surface area (Å²) in [5.41, 5.74) is 1.74. The molecule has 1 aromatic carbocycles. The molecule has 0 bridgehead atoms.